The van der Waals surface area contributed by atoms with Gasteiger partial charge in [0.2, 0.25) is 5.91 Å². The molecule has 2 aliphatic heterocycles. The lowest BCUT2D eigenvalue weighted by atomic mass is 10.1. The third kappa shape index (κ3) is 4.18. The first kappa shape index (κ1) is 17.0. The lowest BCUT2D eigenvalue weighted by Crippen LogP contribution is -2.44. The molecule has 1 aromatic rings. The van der Waals surface area contributed by atoms with Crippen LogP contribution in [0.25, 0.3) is 0 Å². The van der Waals surface area contributed by atoms with Crippen LogP contribution in [0.5, 0.6) is 0 Å². The quantitative estimate of drug-likeness (QED) is 0.834. The Morgan fingerprint density at radius 3 is 2.83 bits per heavy atom. The molecule has 0 saturated carbocycles. The number of carbonyl (C=O) groups excluding carboxylic acids is 1. The van der Waals surface area contributed by atoms with Crippen molar-refractivity contribution in [2.45, 2.75) is 24.9 Å². The number of hydrogen-bond donors (Lipinski definition) is 2. The van der Waals surface area contributed by atoms with E-state index < -0.39 is 24.9 Å². The van der Waals surface area contributed by atoms with Gasteiger partial charge in [0.1, 0.15) is 5.82 Å². The molecular weight excluding hydrogens is 316 g/mol. The predicted octanol–water partition coefficient (Wildman–Crippen LogP) is 0.447. The smallest absolute Gasteiger partial charge is 0.262 e. The normalized spacial score (nSPS) is 24.1. The molecule has 2 saturated heterocycles. The Morgan fingerprint density at radius 1 is 1.42 bits per heavy atom. The van der Waals surface area contributed by atoms with Crippen molar-refractivity contribution in [3.8, 4) is 0 Å². The van der Waals surface area contributed by atoms with E-state index in [-0.39, 0.29) is 5.91 Å². The maximum absolute atomic E-state index is 13.1. The molecule has 8 heteroatoms. The van der Waals surface area contributed by atoms with Gasteiger partial charge in [0.15, 0.2) is 0 Å². The Balaban J connectivity index is 1.54. The van der Waals surface area contributed by atoms with Gasteiger partial charge in [-0.15, -0.1) is 0 Å². The molecule has 0 aliphatic carbocycles. The number of amides is 1. The van der Waals surface area contributed by atoms with Crippen LogP contribution in [0.4, 0.5) is 14.6 Å². The highest BCUT2D eigenvalue weighted by atomic mass is 19.3. The molecule has 3 heterocycles. The van der Waals surface area contributed by atoms with Gasteiger partial charge in [0.05, 0.1) is 12.6 Å². The molecule has 0 aromatic carbocycles. The van der Waals surface area contributed by atoms with Crippen molar-refractivity contribution >= 4 is 11.7 Å². The molecule has 6 nitrogen and oxygen atoms in total. The molecule has 2 aliphatic rings. The number of pyridine rings is 1. The topological polar surface area (TPSA) is 60.5 Å². The Bertz CT molecular complexity index is 590. The van der Waals surface area contributed by atoms with Crippen molar-refractivity contribution in [3.05, 3.63) is 23.9 Å². The van der Waals surface area contributed by atoms with Gasteiger partial charge >= 0.3 is 0 Å². The molecule has 24 heavy (non-hydrogen) atoms. The number of rotatable bonds is 4. The standard InChI is InChI=1S/C16H23F2N5O/c1-22-4-6-23(7-5-22)14-8-12(2-3-19-14)10-20-15(24)13-9-16(17,18)11-21-13/h2-3,8,13,21H,4-7,9-11H2,1H3,(H,20,24). The number of likely N-dealkylation sites (N-methyl/N-ethyl adjacent to an activating group) is 1. The second-order valence-corrected chi connectivity index (χ2v) is 6.52. The van der Waals surface area contributed by atoms with Gasteiger partial charge in [0, 0.05) is 45.3 Å². The van der Waals surface area contributed by atoms with E-state index in [9.17, 15) is 13.6 Å². The van der Waals surface area contributed by atoms with Gasteiger partial charge in [-0.3, -0.25) is 10.1 Å². The molecule has 2 fully saturated rings. The summed E-state index contributed by atoms with van der Waals surface area (Å²) in [6.07, 6.45) is 1.28. The minimum Gasteiger partial charge on any atom is -0.354 e. The number of halogens is 2. The zero-order valence-corrected chi connectivity index (χ0v) is 13.8. The molecule has 0 radical (unpaired) electrons. The van der Waals surface area contributed by atoms with Gasteiger partial charge < -0.3 is 15.1 Å². The van der Waals surface area contributed by atoms with Gasteiger partial charge in [-0.2, -0.15) is 0 Å². The Morgan fingerprint density at radius 2 is 2.17 bits per heavy atom. The zero-order chi connectivity index (χ0) is 17.2. The fraction of sp³-hybridized carbons (Fsp3) is 0.625. The number of nitrogens with one attached hydrogen (secondary N) is 2. The largest absolute Gasteiger partial charge is 0.354 e. The number of aromatic nitrogens is 1. The van der Waals surface area contributed by atoms with Crippen molar-refractivity contribution in [3.63, 3.8) is 0 Å². The fourth-order valence-electron chi connectivity index (χ4n) is 2.99. The first-order chi connectivity index (χ1) is 11.4. The van der Waals surface area contributed by atoms with Crippen LogP contribution >= 0.6 is 0 Å². The molecule has 3 rings (SSSR count). The predicted molar refractivity (Wildman–Crippen MR) is 87.1 cm³/mol. The van der Waals surface area contributed by atoms with Crippen molar-refractivity contribution < 1.29 is 13.6 Å². The van der Waals surface area contributed by atoms with Gasteiger partial charge in [-0.1, -0.05) is 0 Å². The van der Waals surface area contributed by atoms with Gasteiger partial charge in [0.25, 0.3) is 5.92 Å². The van der Waals surface area contributed by atoms with E-state index in [1.165, 1.54) is 0 Å². The van der Waals surface area contributed by atoms with Crippen molar-refractivity contribution in [2.75, 3.05) is 44.7 Å². The summed E-state index contributed by atoms with van der Waals surface area (Å²) in [7, 11) is 2.09. The first-order valence-electron chi connectivity index (χ1n) is 8.20. The number of hydrogen-bond acceptors (Lipinski definition) is 5. The van der Waals surface area contributed by atoms with Crippen LogP contribution in [0.2, 0.25) is 0 Å². The molecule has 2 N–H and O–H groups in total. The van der Waals surface area contributed by atoms with Crippen LogP contribution in [-0.2, 0) is 11.3 Å². The Hall–Kier alpha value is -1.80. The Kier molecular flexibility index (Phi) is 4.96. The summed E-state index contributed by atoms with van der Waals surface area (Å²) in [6, 6.07) is 2.96. The summed E-state index contributed by atoms with van der Waals surface area (Å²) in [5, 5.41) is 5.29. The lowest BCUT2D eigenvalue weighted by molar-refractivity contribution is -0.123. The number of anilines is 1. The number of alkyl halides is 2. The monoisotopic (exact) mass is 339 g/mol. The molecule has 0 spiro atoms. The van der Waals surface area contributed by atoms with Crippen molar-refractivity contribution in [1.29, 1.82) is 0 Å². The van der Waals surface area contributed by atoms with Crippen LogP contribution in [-0.4, -0.2) is 67.5 Å². The van der Waals surface area contributed by atoms with E-state index in [4.69, 9.17) is 0 Å². The van der Waals surface area contributed by atoms with Crippen LogP contribution in [0.1, 0.15) is 12.0 Å². The first-order valence-corrected chi connectivity index (χ1v) is 8.20. The van der Waals surface area contributed by atoms with Crippen molar-refractivity contribution in [1.82, 2.24) is 20.5 Å². The highest BCUT2D eigenvalue weighted by Crippen LogP contribution is 2.25. The van der Waals surface area contributed by atoms with Gasteiger partial charge in [-0.05, 0) is 24.7 Å². The average molecular weight is 339 g/mol. The summed E-state index contributed by atoms with van der Waals surface area (Å²) in [5.41, 5.74) is 0.914. The number of nitrogens with zero attached hydrogens (tertiary/aromatic N) is 3. The highest BCUT2D eigenvalue weighted by molar-refractivity contribution is 5.82. The fourth-order valence-corrected chi connectivity index (χ4v) is 2.99. The second-order valence-electron chi connectivity index (χ2n) is 6.52. The second kappa shape index (κ2) is 6.98. The maximum atomic E-state index is 13.1. The van der Waals surface area contributed by atoms with Crippen molar-refractivity contribution in [2.24, 2.45) is 0 Å². The molecular formula is C16H23F2N5O. The molecule has 1 atom stereocenters. The van der Waals surface area contributed by atoms with Crippen LogP contribution in [0, 0.1) is 0 Å². The van der Waals surface area contributed by atoms with E-state index in [0.29, 0.717) is 6.54 Å². The average Bonchev–Trinajstić information content (AvgIpc) is 2.94. The lowest BCUT2D eigenvalue weighted by Gasteiger charge is -2.33. The van der Waals surface area contributed by atoms with E-state index >= 15 is 0 Å². The maximum Gasteiger partial charge on any atom is 0.262 e. The minimum atomic E-state index is -2.80. The van der Waals surface area contributed by atoms with Gasteiger partial charge in [-0.25, -0.2) is 13.8 Å². The third-order valence-corrected chi connectivity index (χ3v) is 4.53. The summed E-state index contributed by atoms with van der Waals surface area (Å²) in [5.74, 6) is -2.29. The SMILES string of the molecule is CN1CCN(c2cc(CNC(=O)C3CC(F)(F)CN3)ccn2)CC1. The van der Waals surface area contributed by atoms with E-state index in [0.717, 1.165) is 37.6 Å². The molecule has 0 bridgehead atoms. The third-order valence-electron chi connectivity index (χ3n) is 4.53. The highest BCUT2D eigenvalue weighted by Gasteiger charge is 2.42. The van der Waals surface area contributed by atoms with Crippen LogP contribution < -0.4 is 15.5 Å². The van der Waals surface area contributed by atoms with Crippen LogP contribution in [0.15, 0.2) is 18.3 Å². The molecule has 132 valence electrons. The zero-order valence-electron chi connectivity index (χ0n) is 13.8. The molecule has 1 unspecified atom stereocenters. The summed E-state index contributed by atoms with van der Waals surface area (Å²) < 4.78 is 26.3. The summed E-state index contributed by atoms with van der Waals surface area (Å²) in [4.78, 5) is 20.9. The number of piperazine rings is 1. The Labute approximate surface area is 140 Å². The number of carbonyl (C=O) groups is 1. The van der Waals surface area contributed by atoms with E-state index in [1.807, 2.05) is 12.1 Å². The summed E-state index contributed by atoms with van der Waals surface area (Å²) in [6.45, 7) is 3.69. The van der Waals surface area contributed by atoms with Crippen LogP contribution in [0.3, 0.4) is 0 Å². The van der Waals surface area contributed by atoms with E-state index in [2.05, 4.69) is 32.5 Å². The minimum absolute atomic E-state index is 0.311. The molecule has 1 amide bonds. The molecule has 1 aromatic heterocycles. The van der Waals surface area contributed by atoms with E-state index in [1.54, 1.807) is 6.20 Å². The summed E-state index contributed by atoms with van der Waals surface area (Å²) >= 11 is 0.